The molecule has 3 nitrogen and oxygen atoms in total. The molecule has 0 unspecified atom stereocenters. The summed E-state index contributed by atoms with van der Waals surface area (Å²) in [5.74, 6) is 2.48. The van der Waals surface area contributed by atoms with E-state index in [9.17, 15) is 4.79 Å². The first-order chi connectivity index (χ1) is 16.8. The van der Waals surface area contributed by atoms with Gasteiger partial charge in [0.2, 0.25) is 0 Å². The van der Waals surface area contributed by atoms with Crippen molar-refractivity contribution in [3.05, 3.63) is 24.8 Å². The average molecular weight is 497 g/mol. The maximum absolute atomic E-state index is 12.6. The summed E-state index contributed by atoms with van der Waals surface area (Å²) in [5.41, 5.74) is 2.71. The molecule has 5 aliphatic rings. The Balaban J connectivity index is 1.48. The zero-order valence-corrected chi connectivity index (χ0v) is 24.1. The topological polar surface area (TPSA) is 35.5 Å². The van der Waals surface area contributed by atoms with Gasteiger partial charge in [-0.05, 0) is 115 Å². The predicted molar refractivity (Wildman–Crippen MR) is 146 cm³/mol. The summed E-state index contributed by atoms with van der Waals surface area (Å²) >= 11 is 0. The zero-order valence-electron chi connectivity index (χ0n) is 24.1. The molecule has 4 aliphatic carbocycles. The van der Waals surface area contributed by atoms with Crippen LogP contribution in [-0.2, 0) is 14.3 Å². The van der Waals surface area contributed by atoms with Gasteiger partial charge in [0.1, 0.15) is 6.61 Å². The van der Waals surface area contributed by atoms with Crippen molar-refractivity contribution in [2.45, 2.75) is 112 Å². The fourth-order valence-corrected chi connectivity index (χ4v) is 11.1. The minimum absolute atomic E-state index is 0.0798. The standard InChI is InChI=1S/C33H52O3/c1-9-20-35-26(34)13-14-30(6)23(22(2)3)12-15-32(8)25(30)11-10-24-27-28-29(4,5)16-18-33(27,21-36-28)19-17-31(24,32)7/h9,23-25,27-28H,1-2,10-21H2,3-8H3/t23-,24+,25+,27-,28+,30-,31+,32+,33+/m0/s1. The van der Waals surface area contributed by atoms with Crippen molar-refractivity contribution in [1.29, 1.82) is 0 Å². The number of ether oxygens (including phenoxy) is 2. The molecule has 202 valence electrons. The van der Waals surface area contributed by atoms with Crippen LogP contribution in [0.2, 0.25) is 0 Å². The lowest BCUT2D eigenvalue weighted by Crippen LogP contribution is -2.65. The van der Waals surface area contributed by atoms with Crippen LogP contribution in [0.4, 0.5) is 0 Å². The van der Waals surface area contributed by atoms with E-state index in [1.807, 2.05) is 0 Å². The van der Waals surface area contributed by atoms with Crippen molar-refractivity contribution in [3.63, 3.8) is 0 Å². The number of hydrogen-bond donors (Lipinski definition) is 0. The molecule has 5 fully saturated rings. The van der Waals surface area contributed by atoms with E-state index in [1.54, 1.807) is 6.08 Å². The fraction of sp³-hybridized carbons (Fsp3) is 0.848. The number of esters is 1. The van der Waals surface area contributed by atoms with E-state index in [4.69, 9.17) is 9.47 Å². The van der Waals surface area contributed by atoms with Gasteiger partial charge in [0, 0.05) is 6.42 Å². The quantitative estimate of drug-likeness (QED) is 0.275. The summed E-state index contributed by atoms with van der Waals surface area (Å²) < 4.78 is 12.1. The van der Waals surface area contributed by atoms with Gasteiger partial charge in [0.05, 0.1) is 12.7 Å². The van der Waals surface area contributed by atoms with Crippen molar-refractivity contribution in [3.8, 4) is 0 Å². The van der Waals surface area contributed by atoms with Crippen molar-refractivity contribution in [1.82, 2.24) is 0 Å². The Kier molecular flexibility index (Phi) is 6.42. The predicted octanol–water partition coefficient (Wildman–Crippen LogP) is 8.14. The van der Waals surface area contributed by atoms with Crippen LogP contribution in [0.1, 0.15) is 106 Å². The molecular weight excluding hydrogens is 444 g/mol. The molecule has 2 bridgehead atoms. The molecule has 0 aromatic rings. The van der Waals surface area contributed by atoms with Gasteiger partial charge < -0.3 is 9.47 Å². The first kappa shape index (κ1) is 26.5. The highest BCUT2D eigenvalue weighted by Gasteiger charge is 2.71. The van der Waals surface area contributed by atoms with Crippen molar-refractivity contribution < 1.29 is 14.3 Å². The van der Waals surface area contributed by atoms with Gasteiger partial charge in [-0.15, -0.1) is 0 Å². The van der Waals surface area contributed by atoms with E-state index < -0.39 is 0 Å². The van der Waals surface area contributed by atoms with Gasteiger partial charge in [-0.2, -0.15) is 0 Å². The van der Waals surface area contributed by atoms with Gasteiger partial charge in [0.15, 0.2) is 0 Å². The Bertz CT molecular complexity index is 920. The molecule has 0 N–H and O–H groups in total. The van der Waals surface area contributed by atoms with Crippen LogP contribution in [-0.4, -0.2) is 25.3 Å². The second-order valence-electron chi connectivity index (χ2n) is 15.1. The monoisotopic (exact) mass is 496 g/mol. The number of carbonyl (C=O) groups excluding carboxylic acids is 1. The van der Waals surface area contributed by atoms with Crippen LogP contribution < -0.4 is 0 Å². The van der Waals surface area contributed by atoms with E-state index in [0.717, 1.165) is 24.9 Å². The van der Waals surface area contributed by atoms with Crippen molar-refractivity contribution in [2.75, 3.05) is 13.2 Å². The highest BCUT2D eigenvalue weighted by molar-refractivity contribution is 5.69. The molecule has 0 amide bonds. The van der Waals surface area contributed by atoms with E-state index >= 15 is 0 Å². The van der Waals surface area contributed by atoms with E-state index in [0.29, 0.717) is 47.2 Å². The maximum atomic E-state index is 12.6. The van der Waals surface area contributed by atoms with Crippen molar-refractivity contribution in [2.24, 2.45) is 50.7 Å². The molecule has 1 saturated heterocycles. The SMILES string of the molecule is C=CCOC(=O)CC[C@]1(C)[C@H]2CC[C@@H]3[C@H]4[C@H]5OC[C@@]4(CCC5(C)C)CC[C@@]3(C)[C@]2(C)CC[C@H]1C(=C)C. The molecule has 0 aromatic carbocycles. The summed E-state index contributed by atoms with van der Waals surface area (Å²) in [5, 5.41) is 0. The largest absolute Gasteiger partial charge is 0.461 e. The smallest absolute Gasteiger partial charge is 0.306 e. The summed E-state index contributed by atoms with van der Waals surface area (Å²) in [6.07, 6.45) is 13.9. The summed E-state index contributed by atoms with van der Waals surface area (Å²) in [6.45, 7) is 24.4. The second kappa shape index (κ2) is 8.72. The molecule has 36 heavy (non-hydrogen) atoms. The maximum Gasteiger partial charge on any atom is 0.306 e. The molecule has 1 heterocycles. The molecular formula is C33H52O3. The molecule has 0 spiro atoms. The highest BCUT2D eigenvalue weighted by Crippen LogP contribution is 2.76. The Morgan fingerprint density at radius 3 is 2.42 bits per heavy atom. The number of rotatable bonds is 6. The fourth-order valence-electron chi connectivity index (χ4n) is 11.1. The van der Waals surface area contributed by atoms with Crippen LogP contribution in [0.15, 0.2) is 24.8 Å². The molecule has 3 heteroatoms. The van der Waals surface area contributed by atoms with E-state index in [2.05, 4.69) is 54.7 Å². The summed E-state index contributed by atoms with van der Waals surface area (Å²) in [4.78, 5) is 12.6. The summed E-state index contributed by atoms with van der Waals surface area (Å²) in [7, 11) is 0. The van der Waals surface area contributed by atoms with Crippen LogP contribution >= 0.6 is 0 Å². The third kappa shape index (κ3) is 3.57. The van der Waals surface area contributed by atoms with Crippen LogP contribution in [0, 0.1) is 50.7 Å². The average Bonchev–Trinajstić information content (AvgIpc) is 3.15. The lowest BCUT2D eigenvalue weighted by molar-refractivity contribution is -0.224. The lowest BCUT2D eigenvalue weighted by Gasteiger charge is -2.71. The van der Waals surface area contributed by atoms with Crippen LogP contribution in [0.5, 0.6) is 0 Å². The Hall–Kier alpha value is -1.09. The zero-order chi connectivity index (χ0) is 26.1. The van der Waals surface area contributed by atoms with Gasteiger partial charge in [0.25, 0.3) is 0 Å². The molecule has 0 radical (unpaired) electrons. The van der Waals surface area contributed by atoms with Crippen LogP contribution in [0.3, 0.4) is 0 Å². The first-order valence-corrected chi connectivity index (χ1v) is 14.9. The van der Waals surface area contributed by atoms with Gasteiger partial charge in [-0.1, -0.05) is 59.4 Å². The van der Waals surface area contributed by atoms with Crippen LogP contribution in [0.25, 0.3) is 0 Å². The third-order valence-electron chi connectivity index (χ3n) is 13.2. The van der Waals surface area contributed by atoms with E-state index in [1.165, 1.54) is 56.9 Å². The number of hydrogen-bond acceptors (Lipinski definition) is 3. The molecule has 1 aliphatic heterocycles. The minimum atomic E-state index is -0.0819. The second-order valence-corrected chi connectivity index (χ2v) is 15.1. The number of allylic oxidation sites excluding steroid dienone is 1. The first-order valence-electron chi connectivity index (χ1n) is 14.9. The van der Waals surface area contributed by atoms with Gasteiger partial charge >= 0.3 is 5.97 Å². The van der Waals surface area contributed by atoms with Gasteiger partial charge in [-0.25, -0.2) is 0 Å². The normalized spacial score (nSPS) is 48.8. The minimum Gasteiger partial charge on any atom is -0.461 e. The summed E-state index contributed by atoms with van der Waals surface area (Å²) in [6, 6.07) is 0. The Morgan fingerprint density at radius 1 is 1.00 bits per heavy atom. The lowest BCUT2D eigenvalue weighted by atomic mass is 9.33. The van der Waals surface area contributed by atoms with Crippen molar-refractivity contribution >= 4 is 5.97 Å². The Morgan fingerprint density at radius 2 is 1.72 bits per heavy atom. The third-order valence-corrected chi connectivity index (χ3v) is 13.2. The molecule has 4 saturated carbocycles. The van der Waals surface area contributed by atoms with E-state index in [-0.39, 0.29) is 16.8 Å². The van der Waals surface area contributed by atoms with Gasteiger partial charge in [-0.3, -0.25) is 4.79 Å². The highest BCUT2D eigenvalue weighted by atomic mass is 16.5. The molecule has 5 rings (SSSR count). The Labute approximate surface area is 220 Å². The number of fused-ring (bicyclic) bond motifs is 3. The number of carbonyl (C=O) groups is 1. The molecule has 0 aromatic heterocycles. The molecule has 9 atom stereocenters.